The predicted octanol–water partition coefficient (Wildman–Crippen LogP) is 6.35. The molecule has 0 saturated heterocycles. The molecular weight excluding hydrogens is 328 g/mol. The molecular formula is C22H42O4. The van der Waals surface area contributed by atoms with Crippen LogP contribution in [0, 0.1) is 0 Å². The van der Waals surface area contributed by atoms with Gasteiger partial charge in [-0.15, -0.1) is 0 Å². The summed E-state index contributed by atoms with van der Waals surface area (Å²) in [5, 5.41) is 0. The lowest BCUT2D eigenvalue weighted by Crippen LogP contribution is -2.08. The molecule has 0 spiro atoms. The highest BCUT2D eigenvalue weighted by Crippen LogP contribution is 2.09. The number of carbonyl (C=O) groups is 2. The van der Waals surface area contributed by atoms with Crippen LogP contribution in [0.4, 0.5) is 0 Å². The molecule has 26 heavy (non-hydrogen) atoms. The fraction of sp³-hybridized carbons (Fsp3) is 0.909. The maximum absolute atomic E-state index is 11.6. The third-order valence-corrected chi connectivity index (χ3v) is 4.53. The largest absolute Gasteiger partial charge is 0.466 e. The topological polar surface area (TPSA) is 52.6 Å². The highest BCUT2D eigenvalue weighted by Gasteiger charge is 2.04. The number of rotatable bonds is 19. The zero-order valence-corrected chi connectivity index (χ0v) is 17.4. The zero-order valence-electron chi connectivity index (χ0n) is 17.4. The number of ether oxygens (including phenoxy) is 2. The van der Waals surface area contributed by atoms with E-state index in [0.29, 0.717) is 26.1 Å². The molecule has 0 N–H and O–H groups in total. The third kappa shape index (κ3) is 19.3. The molecule has 0 bridgehead atoms. The van der Waals surface area contributed by atoms with E-state index in [2.05, 4.69) is 13.8 Å². The number of hydrogen-bond donors (Lipinski definition) is 0. The summed E-state index contributed by atoms with van der Waals surface area (Å²) in [6.45, 7) is 5.27. The first-order valence-electron chi connectivity index (χ1n) is 11.0. The Bertz CT molecular complexity index is 328. The van der Waals surface area contributed by atoms with Crippen molar-refractivity contribution < 1.29 is 19.1 Å². The molecule has 0 aromatic carbocycles. The Balaban J connectivity index is 3.28. The molecule has 4 nitrogen and oxygen atoms in total. The van der Waals surface area contributed by atoms with E-state index in [-0.39, 0.29) is 11.9 Å². The summed E-state index contributed by atoms with van der Waals surface area (Å²) in [6.07, 6.45) is 16.7. The van der Waals surface area contributed by atoms with Gasteiger partial charge in [0.05, 0.1) is 13.2 Å². The Kier molecular flexibility index (Phi) is 19.4. The normalized spacial score (nSPS) is 10.7. The van der Waals surface area contributed by atoms with Gasteiger partial charge in [0.15, 0.2) is 0 Å². The van der Waals surface area contributed by atoms with Crippen molar-refractivity contribution in [2.75, 3.05) is 13.2 Å². The Morgan fingerprint density at radius 1 is 0.500 bits per heavy atom. The van der Waals surface area contributed by atoms with Crippen LogP contribution in [0.3, 0.4) is 0 Å². The van der Waals surface area contributed by atoms with E-state index >= 15 is 0 Å². The van der Waals surface area contributed by atoms with E-state index in [9.17, 15) is 9.59 Å². The van der Waals surface area contributed by atoms with Gasteiger partial charge in [0.1, 0.15) is 0 Å². The standard InChI is InChI=1S/C22H42O4/c1-3-5-7-9-10-12-14-18-22(24)26-20-16-15-19-25-21(23)17-13-11-8-6-4-2/h3-20H2,1-2H3. The van der Waals surface area contributed by atoms with Crippen LogP contribution in [0.2, 0.25) is 0 Å². The molecule has 0 aromatic heterocycles. The van der Waals surface area contributed by atoms with Gasteiger partial charge < -0.3 is 9.47 Å². The molecule has 0 aromatic rings. The van der Waals surface area contributed by atoms with Crippen LogP contribution < -0.4 is 0 Å². The van der Waals surface area contributed by atoms with Crippen molar-refractivity contribution in [3.05, 3.63) is 0 Å². The minimum atomic E-state index is -0.0996. The van der Waals surface area contributed by atoms with Gasteiger partial charge in [0, 0.05) is 12.8 Å². The molecule has 0 fully saturated rings. The Morgan fingerprint density at radius 2 is 0.846 bits per heavy atom. The van der Waals surface area contributed by atoms with Gasteiger partial charge in [-0.3, -0.25) is 9.59 Å². The quantitative estimate of drug-likeness (QED) is 0.196. The lowest BCUT2D eigenvalue weighted by Gasteiger charge is -2.06. The average molecular weight is 371 g/mol. The monoisotopic (exact) mass is 370 g/mol. The number of esters is 2. The van der Waals surface area contributed by atoms with Crippen LogP contribution >= 0.6 is 0 Å². The van der Waals surface area contributed by atoms with Gasteiger partial charge in [-0.05, 0) is 25.7 Å². The average Bonchev–Trinajstić information content (AvgIpc) is 2.63. The minimum Gasteiger partial charge on any atom is -0.466 e. The van der Waals surface area contributed by atoms with Gasteiger partial charge in [-0.2, -0.15) is 0 Å². The summed E-state index contributed by atoms with van der Waals surface area (Å²) >= 11 is 0. The highest BCUT2D eigenvalue weighted by atomic mass is 16.5. The molecule has 0 atom stereocenters. The van der Waals surface area contributed by atoms with E-state index in [4.69, 9.17) is 9.47 Å². The Morgan fingerprint density at radius 3 is 1.23 bits per heavy atom. The van der Waals surface area contributed by atoms with Crippen LogP contribution in [0.1, 0.15) is 117 Å². The van der Waals surface area contributed by atoms with Crippen LogP contribution in [-0.2, 0) is 19.1 Å². The molecule has 0 aliphatic rings. The number of carbonyl (C=O) groups excluding carboxylic acids is 2. The van der Waals surface area contributed by atoms with Crippen LogP contribution in [0.25, 0.3) is 0 Å². The zero-order chi connectivity index (χ0) is 19.3. The summed E-state index contributed by atoms with van der Waals surface area (Å²) in [7, 11) is 0. The van der Waals surface area contributed by atoms with Crippen LogP contribution in [0.15, 0.2) is 0 Å². The van der Waals surface area contributed by atoms with Crippen LogP contribution in [0.5, 0.6) is 0 Å². The van der Waals surface area contributed by atoms with Gasteiger partial charge in [-0.1, -0.05) is 78.1 Å². The first-order valence-corrected chi connectivity index (χ1v) is 11.0. The fourth-order valence-corrected chi connectivity index (χ4v) is 2.82. The van der Waals surface area contributed by atoms with E-state index < -0.39 is 0 Å². The molecule has 0 aliphatic heterocycles. The summed E-state index contributed by atoms with van der Waals surface area (Å²) in [5.41, 5.74) is 0. The van der Waals surface area contributed by atoms with E-state index in [1.807, 2.05) is 0 Å². The molecule has 0 heterocycles. The highest BCUT2D eigenvalue weighted by molar-refractivity contribution is 5.69. The second kappa shape index (κ2) is 20.3. The number of hydrogen-bond acceptors (Lipinski definition) is 4. The molecule has 0 rings (SSSR count). The van der Waals surface area contributed by atoms with Crippen molar-refractivity contribution in [1.29, 1.82) is 0 Å². The summed E-state index contributed by atoms with van der Waals surface area (Å²) in [6, 6.07) is 0. The lowest BCUT2D eigenvalue weighted by molar-refractivity contribution is -0.146. The first-order chi connectivity index (χ1) is 12.7. The first kappa shape index (κ1) is 24.9. The molecule has 0 unspecified atom stereocenters. The maximum atomic E-state index is 11.6. The second-order valence-electron chi connectivity index (χ2n) is 7.18. The second-order valence-corrected chi connectivity index (χ2v) is 7.18. The minimum absolute atomic E-state index is 0.0948. The Labute approximate surface area is 161 Å². The SMILES string of the molecule is CCCCCCCCCC(=O)OCCCCOC(=O)CCCCCCC. The molecule has 0 radical (unpaired) electrons. The maximum Gasteiger partial charge on any atom is 0.305 e. The van der Waals surface area contributed by atoms with Crippen LogP contribution in [-0.4, -0.2) is 25.2 Å². The van der Waals surface area contributed by atoms with Gasteiger partial charge >= 0.3 is 11.9 Å². The van der Waals surface area contributed by atoms with Crippen molar-refractivity contribution in [2.24, 2.45) is 0 Å². The summed E-state index contributed by atoms with van der Waals surface area (Å²) in [4.78, 5) is 23.1. The molecule has 0 amide bonds. The van der Waals surface area contributed by atoms with E-state index in [1.165, 1.54) is 51.4 Å². The van der Waals surface area contributed by atoms with Crippen molar-refractivity contribution >= 4 is 11.9 Å². The summed E-state index contributed by atoms with van der Waals surface area (Å²) < 4.78 is 10.4. The molecule has 154 valence electrons. The summed E-state index contributed by atoms with van der Waals surface area (Å²) in [5.74, 6) is -0.194. The van der Waals surface area contributed by atoms with Crippen molar-refractivity contribution in [3.63, 3.8) is 0 Å². The van der Waals surface area contributed by atoms with E-state index in [0.717, 1.165) is 38.5 Å². The Hall–Kier alpha value is -1.06. The van der Waals surface area contributed by atoms with Crippen molar-refractivity contribution in [2.45, 2.75) is 117 Å². The van der Waals surface area contributed by atoms with Gasteiger partial charge in [0.25, 0.3) is 0 Å². The molecule has 0 aliphatic carbocycles. The van der Waals surface area contributed by atoms with Crippen molar-refractivity contribution in [1.82, 2.24) is 0 Å². The van der Waals surface area contributed by atoms with Gasteiger partial charge in [-0.25, -0.2) is 0 Å². The number of unbranched alkanes of at least 4 members (excludes halogenated alkanes) is 11. The third-order valence-electron chi connectivity index (χ3n) is 4.53. The molecule has 0 saturated carbocycles. The smallest absolute Gasteiger partial charge is 0.305 e. The molecule has 4 heteroatoms. The van der Waals surface area contributed by atoms with Crippen molar-refractivity contribution in [3.8, 4) is 0 Å². The van der Waals surface area contributed by atoms with Gasteiger partial charge in [0.2, 0.25) is 0 Å². The fourth-order valence-electron chi connectivity index (χ4n) is 2.82. The van der Waals surface area contributed by atoms with E-state index in [1.54, 1.807) is 0 Å². The lowest BCUT2D eigenvalue weighted by atomic mass is 10.1. The predicted molar refractivity (Wildman–Crippen MR) is 107 cm³/mol.